The highest BCUT2D eigenvalue weighted by atomic mass is 16.5. The molecule has 0 bridgehead atoms. The number of hydrogen-bond acceptors (Lipinski definition) is 4. The molecule has 4 nitrogen and oxygen atoms in total. The van der Waals surface area contributed by atoms with E-state index >= 15 is 0 Å². The average Bonchev–Trinajstić information content (AvgIpc) is 3.80. The third-order valence-corrected chi connectivity index (χ3v) is 16.2. The Labute approximate surface area is 419 Å². The van der Waals surface area contributed by atoms with Gasteiger partial charge in [-0.1, -0.05) is 173 Å². The second kappa shape index (κ2) is 14.8. The zero-order valence-corrected chi connectivity index (χ0v) is 40.5. The molecule has 0 saturated heterocycles. The minimum atomic E-state index is -0.186. The minimum absolute atomic E-state index is 0.186. The molecule has 0 unspecified atom stereocenters. The van der Waals surface area contributed by atoms with Gasteiger partial charge in [0, 0.05) is 22.2 Å². The van der Waals surface area contributed by atoms with E-state index in [1.165, 1.54) is 88.3 Å². The predicted octanol–water partition coefficient (Wildman–Crippen LogP) is 19.1. The summed E-state index contributed by atoms with van der Waals surface area (Å²) in [7, 11) is 0. The van der Waals surface area contributed by atoms with Gasteiger partial charge in [0.1, 0.15) is 0 Å². The van der Waals surface area contributed by atoms with E-state index in [1.807, 2.05) is 0 Å². The van der Waals surface area contributed by atoms with Crippen LogP contribution in [0.5, 0.6) is 23.0 Å². The molecule has 2 heterocycles. The Balaban J connectivity index is 1.11. The Hall–Kier alpha value is -8.86. The summed E-state index contributed by atoms with van der Waals surface area (Å²) in [4.78, 5) is 4.76. The van der Waals surface area contributed by atoms with Crippen molar-refractivity contribution in [2.75, 3.05) is 9.80 Å². The third kappa shape index (κ3) is 5.58. The molecule has 2 aliphatic carbocycles. The van der Waals surface area contributed by atoms with E-state index in [0.29, 0.717) is 0 Å². The molecular weight excluding hydrogens is 877 g/mol. The Morgan fingerprint density at radius 1 is 0.278 bits per heavy atom. The maximum absolute atomic E-state index is 6.59. The highest BCUT2D eigenvalue weighted by molar-refractivity contribution is 6.25. The van der Waals surface area contributed by atoms with Crippen LogP contribution in [0, 0.1) is 0 Å². The van der Waals surface area contributed by atoms with Crippen molar-refractivity contribution < 1.29 is 9.47 Å². The normalized spacial score (nSPS) is 14.8. The quantitative estimate of drug-likeness (QED) is 0.164. The molecule has 11 aromatic rings. The highest BCUT2D eigenvalue weighted by Gasteiger charge is 2.40. The maximum atomic E-state index is 6.59. The van der Waals surface area contributed by atoms with Gasteiger partial charge in [-0.25, -0.2) is 0 Å². The SMILES string of the molecule is CC1(C)c2ccccc2-c2c(-c3c4ccc(N5c6ccccc6Oc6ccccc65)cc4c(-c4cccc5c4-c4ccccc4C5(C)C)c4ccc(N5c6ccccc6Oc6ccccc65)cc34)cccc21. The first kappa shape index (κ1) is 41.0. The van der Waals surface area contributed by atoms with Crippen molar-refractivity contribution in [3.63, 3.8) is 0 Å². The third-order valence-electron chi connectivity index (χ3n) is 16.2. The van der Waals surface area contributed by atoms with Gasteiger partial charge in [0.15, 0.2) is 23.0 Å². The van der Waals surface area contributed by atoms with Crippen LogP contribution in [-0.2, 0) is 10.8 Å². The highest BCUT2D eigenvalue weighted by Crippen LogP contribution is 2.60. The number of nitrogens with zero attached hydrogens (tertiary/aromatic N) is 2. The fraction of sp³-hybridized carbons (Fsp3) is 0.0882. The monoisotopic (exact) mass is 924 g/mol. The van der Waals surface area contributed by atoms with E-state index in [9.17, 15) is 0 Å². The summed E-state index contributed by atoms with van der Waals surface area (Å²) < 4.78 is 13.2. The first-order chi connectivity index (χ1) is 35.3. The number of benzene rings is 11. The second-order valence-electron chi connectivity index (χ2n) is 20.8. The molecular formula is C68H48N2O2. The van der Waals surface area contributed by atoms with Crippen LogP contribution in [0.3, 0.4) is 0 Å². The van der Waals surface area contributed by atoms with E-state index < -0.39 is 0 Å². The van der Waals surface area contributed by atoms with Crippen molar-refractivity contribution >= 4 is 55.7 Å². The fourth-order valence-corrected chi connectivity index (χ4v) is 13.0. The largest absolute Gasteiger partial charge is 0.453 e. The van der Waals surface area contributed by atoms with Crippen LogP contribution in [0.4, 0.5) is 34.1 Å². The van der Waals surface area contributed by atoms with Gasteiger partial charge >= 0.3 is 0 Å². The van der Waals surface area contributed by atoms with Crippen molar-refractivity contribution in [2.45, 2.75) is 38.5 Å². The molecule has 0 atom stereocenters. The van der Waals surface area contributed by atoms with E-state index in [4.69, 9.17) is 9.47 Å². The lowest BCUT2D eigenvalue weighted by Crippen LogP contribution is -2.16. The van der Waals surface area contributed by atoms with E-state index in [0.717, 1.165) is 57.1 Å². The molecule has 2 aliphatic heterocycles. The summed E-state index contributed by atoms with van der Waals surface area (Å²) >= 11 is 0. The molecule has 0 spiro atoms. The molecule has 11 aromatic carbocycles. The van der Waals surface area contributed by atoms with Crippen LogP contribution in [0.15, 0.2) is 218 Å². The maximum Gasteiger partial charge on any atom is 0.151 e. The number of rotatable bonds is 4. The summed E-state index contributed by atoms with van der Waals surface area (Å²) in [5, 5.41) is 4.75. The van der Waals surface area contributed by atoms with Crippen LogP contribution >= 0.6 is 0 Å². The average molecular weight is 925 g/mol. The molecule has 0 radical (unpaired) electrons. The summed E-state index contributed by atoms with van der Waals surface area (Å²) in [6, 6.07) is 80.1. The summed E-state index contributed by atoms with van der Waals surface area (Å²) in [5.41, 5.74) is 21.3. The topological polar surface area (TPSA) is 24.9 Å². The van der Waals surface area contributed by atoms with Gasteiger partial charge in [-0.15, -0.1) is 0 Å². The zero-order valence-electron chi connectivity index (χ0n) is 40.5. The van der Waals surface area contributed by atoms with Gasteiger partial charge in [-0.2, -0.15) is 0 Å². The number of ether oxygens (including phenoxy) is 2. The molecule has 0 saturated carbocycles. The Morgan fingerprint density at radius 2 is 0.597 bits per heavy atom. The van der Waals surface area contributed by atoms with Crippen LogP contribution in [0.1, 0.15) is 49.9 Å². The van der Waals surface area contributed by atoms with Crippen molar-refractivity contribution in [3.05, 3.63) is 241 Å². The van der Waals surface area contributed by atoms with Gasteiger partial charge < -0.3 is 19.3 Å². The molecule has 4 heteroatoms. The smallest absolute Gasteiger partial charge is 0.151 e. The van der Waals surface area contributed by atoms with Crippen molar-refractivity contribution in [2.24, 2.45) is 0 Å². The fourth-order valence-electron chi connectivity index (χ4n) is 13.0. The molecule has 0 N–H and O–H groups in total. The molecule has 342 valence electrons. The first-order valence-electron chi connectivity index (χ1n) is 25.1. The summed E-state index contributed by atoms with van der Waals surface area (Å²) in [6.45, 7) is 9.52. The van der Waals surface area contributed by atoms with E-state index in [2.05, 4.69) is 256 Å². The van der Waals surface area contributed by atoms with Crippen molar-refractivity contribution in [1.82, 2.24) is 0 Å². The van der Waals surface area contributed by atoms with E-state index in [1.54, 1.807) is 0 Å². The van der Waals surface area contributed by atoms with E-state index in [-0.39, 0.29) is 10.8 Å². The molecule has 0 fully saturated rings. The number of hydrogen-bond donors (Lipinski definition) is 0. The van der Waals surface area contributed by atoms with Gasteiger partial charge in [0.2, 0.25) is 0 Å². The lowest BCUT2D eigenvalue weighted by Gasteiger charge is -2.34. The lowest BCUT2D eigenvalue weighted by atomic mass is 9.79. The zero-order chi connectivity index (χ0) is 48.0. The van der Waals surface area contributed by atoms with Crippen LogP contribution in [0.2, 0.25) is 0 Å². The van der Waals surface area contributed by atoms with Gasteiger partial charge in [-0.05, 0) is 161 Å². The van der Waals surface area contributed by atoms with Gasteiger partial charge in [0.05, 0.1) is 22.7 Å². The molecule has 15 rings (SSSR count). The second-order valence-corrected chi connectivity index (χ2v) is 20.8. The Bertz CT molecular complexity index is 3780. The predicted molar refractivity (Wildman–Crippen MR) is 297 cm³/mol. The molecule has 72 heavy (non-hydrogen) atoms. The van der Waals surface area contributed by atoms with Gasteiger partial charge in [0.25, 0.3) is 0 Å². The molecule has 4 aliphatic rings. The number of fused-ring (bicyclic) bond motifs is 12. The van der Waals surface area contributed by atoms with Crippen molar-refractivity contribution in [3.8, 4) is 67.5 Å². The standard InChI is InChI=1S/C68H48N2O2/c1-67(2)51-23-7-5-19-45(51)65-47(21-17-25-53(65)67)63-43-37-35-42(70-57-29-11-15-33-61(57)72-62-34-16-12-30-58(62)70)40-50(43)64(48-22-18-26-54-66(48)46-20-6-8-24-52(46)68(54,3)4)44-38-36-41(39-49(44)63)69-55-27-9-13-31-59(55)71-60-32-14-10-28-56(60)69/h5-40H,1-4H3. The summed E-state index contributed by atoms with van der Waals surface area (Å²) in [6.07, 6.45) is 0. The number of para-hydroxylation sites is 8. The lowest BCUT2D eigenvalue weighted by molar-refractivity contribution is 0.477. The molecule has 0 amide bonds. The van der Waals surface area contributed by atoms with Crippen molar-refractivity contribution in [1.29, 1.82) is 0 Å². The van der Waals surface area contributed by atoms with Gasteiger partial charge in [-0.3, -0.25) is 0 Å². The number of anilines is 6. The Kier molecular flexibility index (Phi) is 8.44. The minimum Gasteiger partial charge on any atom is -0.453 e. The summed E-state index contributed by atoms with van der Waals surface area (Å²) in [5.74, 6) is 3.32. The Morgan fingerprint density at radius 3 is 0.986 bits per heavy atom. The molecule has 0 aromatic heterocycles. The first-order valence-corrected chi connectivity index (χ1v) is 25.1. The van der Waals surface area contributed by atoms with Crippen LogP contribution < -0.4 is 19.3 Å². The van der Waals surface area contributed by atoms with Crippen LogP contribution in [0.25, 0.3) is 66.1 Å². The van der Waals surface area contributed by atoms with Crippen LogP contribution in [-0.4, -0.2) is 0 Å².